The predicted octanol–water partition coefficient (Wildman–Crippen LogP) is 1.31. The van der Waals surface area contributed by atoms with Gasteiger partial charge in [-0.05, 0) is 25.8 Å². The van der Waals surface area contributed by atoms with Crippen LogP contribution in [0.5, 0.6) is 0 Å². The van der Waals surface area contributed by atoms with Crippen LogP contribution in [0, 0.1) is 31.1 Å². The zero-order valence-electron chi connectivity index (χ0n) is 10.5. The first kappa shape index (κ1) is 12.5. The molecule has 0 saturated heterocycles. The van der Waals surface area contributed by atoms with Crippen molar-refractivity contribution in [3.05, 3.63) is 29.0 Å². The predicted molar refractivity (Wildman–Crippen MR) is 68.0 cm³/mol. The summed E-state index contributed by atoms with van der Waals surface area (Å²) in [6.45, 7) is 3.86. The van der Waals surface area contributed by atoms with Crippen LogP contribution in [0.3, 0.4) is 0 Å². The molecule has 0 spiro atoms. The largest absolute Gasteiger partial charge is 0.396 e. The SMILES string of the molecule is Cc1nnc(N[C@@H]2C=C[C@H](CO)C2)c(C#N)c1C. The van der Waals surface area contributed by atoms with Crippen LogP contribution in [-0.2, 0) is 0 Å². The third kappa shape index (κ3) is 2.34. The van der Waals surface area contributed by atoms with Gasteiger partial charge in [-0.15, -0.1) is 5.10 Å². The average Bonchev–Trinajstić information content (AvgIpc) is 2.82. The normalized spacial score (nSPS) is 21.9. The Morgan fingerprint density at radius 1 is 1.44 bits per heavy atom. The van der Waals surface area contributed by atoms with Crippen LogP contribution in [0.25, 0.3) is 0 Å². The van der Waals surface area contributed by atoms with Crippen LogP contribution in [0.15, 0.2) is 12.2 Å². The van der Waals surface area contributed by atoms with Gasteiger partial charge in [-0.2, -0.15) is 10.4 Å². The van der Waals surface area contributed by atoms with Crippen LogP contribution in [-0.4, -0.2) is 28.0 Å². The number of aliphatic hydroxyl groups is 1. The molecule has 0 saturated carbocycles. The molecule has 0 bridgehead atoms. The van der Waals surface area contributed by atoms with E-state index in [-0.39, 0.29) is 18.6 Å². The van der Waals surface area contributed by atoms with Crippen molar-refractivity contribution in [3.8, 4) is 6.07 Å². The maximum Gasteiger partial charge on any atom is 0.167 e. The van der Waals surface area contributed by atoms with Crippen molar-refractivity contribution < 1.29 is 5.11 Å². The van der Waals surface area contributed by atoms with Crippen molar-refractivity contribution in [1.29, 1.82) is 5.26 Å². The van der Waals surface area contributed by atoms with Gasteiger partial charge in [-0.25, -0.2) is 0 Å². The van der Waals surface area contributed by atoms with Gasteiger partial charge in [0.1, 0.15) is 11.6 Å². The molecule has 1 aliphatic carbocycles. The molecule has 1 heterocycles. The molecule has 0 radical (unpaired) electrons. The van der Waals surface area contributed by atoms with Gasteiger partial charge in [0.25, 0.3) is 0 Å². The van der Waals surface area contributed by atoms with Crippen LogP contribution in [0.2, 0.25) is 0 Å². The minimum absolute atomic E-state index is 0.102. The molecule has 5 heteroatoms. The van der Waals surface area contributed by atoms with Gasteiger partial charge < -0.3 is 10.4 Å². The molecule has 2 atom stereocenters. The van der Waals surface area contributed by atoms with E-state index in [0.717, 1.165) is 17.7 Å². The fraction of sp³-hybridized carbons (Fsp3) is 0.462. The Hall–Kier alpha value is -1.93. The maximum absolute atomic E-state index is 9.18. The molecular weight excluding hydrogens is 228 g/mol. The van der Waals surface area contributed by atoms with E-state index in [0.29, 0.717) is 11.4 Å². The quantitative estimate of drug-likeness (QED) is 0.783. The summed E-state index contributed by atoms with van der Waals surface area (Å²) in [6, 6.07) is 2.27. The van der Waals surface area contributed by atoms with E-state index < -0.39 is 0 Å². The van der Waals surface area contributed by atoms with E-state index in [2.05, 4.69) is 21.6 Å². The van der Waals surface area contributed by atoms with E-state index >= 15 is 0 Å². The first-order valence-electron chi connectivity index (χ1n) is 5.95. The van der Waals surface area contributed by atoms with E-state index in [1.807, 2.05) is 26.0 Å². The molecule has 2 N–H and O–H groups in total. The highest BCUT2D eigenvalue weighted by atomic mass is 16.3. The molecule has 2 rings (SSSR count). The van der Waals surface area contributed by atoms with Crippen molar-refractivity contribution in [2.24, 2.45) is 5.92 Å². The summed E-state index contributed by atoms with van der Waals surface area (Å²) in [6.07, 6.45) is 4.80. The first-order chi connectivity index (χ1) is 8.65. The number of nitrogens with one attached hydrogen (secondary N) is 1. The number of nitriles is 1. The summed E-state index contributed by atoms with van der Waals surface area (Å²) in [4.78, 5) is 0. The third-order valence-corrected chi connectivity index (χ3v) is 3.30. The Balaban J connectivity index is 2.19. The highest BCUT2D eigenvalue weighted by Gasteiger charge is 2.20. The first-order valence-corrected chi connectivity index (χ1v) is 5.95. The van der Waals surface area contributed by atoms with Crippen LogP contribution < -0.4 is 5.32 Å². The minimum Gasteiger partial charge on any atom is -0.396 e. The smallest absolute Gasteiger partial charge is 0.167 e. The second-order valence-corrected chi connectivity index (χ2v) is 4.56. The second-order valence-electron chi connectivity index (χ2n) is 4.56. The van der Waals surface area contributed by atoms with Gasteiger partial charge in [-0.1, -0.05) is 12.2 Å². The van der Waals surface area contributed by atoms with Crippen molar-refractivity contribution in [3.63, 3.8) is 0 Å². The number of rotatable bonds is 3. The molecule has 0 amide bonds. The molecule has 0 aliphatic heterocycles. The van der Waals surface area contributed by atoms with Gasteiger partial charge in [0.15, 0.2) is 5.82 Å². The maximum atomic E-state index is 9.18. The molecule has 94 valence electrons. The second kappa shape index (κ2) is 5.15. The molecule has 0 unspecified atom stereocenters. The fourth-order valence-corrected chi connectivity index (χ4v) is 2.04. The molecule has 5 nitrogen and oxygen atoms in total. The molecule has 1 aromatic rings. The van der Waals surface area contributed by atoms with Crippen LogP contribution in [0.4, 0.5) is 5.82 Å². The Bertz CT molecular complexity index is 518. The third-order valence-electron chi connectivity index (χ3n) is 3.30. The summed E-state index contributed by atoms with van der Waals surface area (Å²) >= 11 is 0. The number of hydrogen-bond donors (Lipinski definition) is 2. The number of aryl methyl sites for hydroxylation is 1. The highest BCUT2D eigenvalue weighted by molar-refractivity contribution is 5.56. The Morgan fingerprint density at radius 2 is 2.22 bits per heavy atom. The van der Waals surface area contributed by atoms with Crippen LogP contribution in [0.1, 0.15) is 23.2 Å². The summed E-state index contributed by atoms with van der Waals surface area (Å²) in [5.74, 6) is 0.710. The van der Waals surface area contributed by atoms with Gasteiger partial charge >= 0.3 is 0 Å². The lowest BCUT2D eigenvalue weighted by molar-refractivity contribution is 0.250. The number of aliphatic hydroxyl groups excluding tert-OH is 1. The van der Waals surface area contributed by atoms with Gasteiger partial charge in [-0.3, -0.25) is 0 Å². The van der Waals surface area contributed by atoms with E-state index in [1.54, 1.807) is 0 Å². The lowest BCUT2D eigenvalue weighted by Crippen LogP contribution is -2.19. The molecular formula is C13H16N4O. The van der Waals surface area contributed by atoms with E-state index in [4.69, 9.17) is 5.11 Å². The number of hydrogen-bond acceptors (Lipinski definition) is 5. The zero-order valence-corrected chi connectivity index (χ0v) is 10.5. The molecule has 0 aromatic carbocycles. The molecule has 1 aromatic heterocycles. The Labute approximate surface area is 106 Å². The van der Waals surface area contributed by atoms with Crippen LogP contribution >= 0.6 is 0 Å². The zero-order chi connectivity index (χ0) is 13.1. The van der Waals surface area contributed by atoms with Crippen molar-refractivity contribution in [2.75, 3.05) is 11.9 Å². The summed E-state index contributed by atoms with van der Waals surface area (Å²) in [7, 11) is 0. The summed E-state index contributed by atoms with van der Waals surface area (Å²) in [5, 5.41) is 29.5. The van der Waals surface area contributed by atoms with Crippen molar-refractivity contribution in [2.45, 2.75) is 26.3 Å². The topological polar surface area (TPSA) is 81.8 Å². The molecule has 0 fully saturated rings. The van der Waals surface area contributed by atoms with E-state index in [1.165, 1.54) is 0 Å². The number of anilines is 1. The number of nitrogens with zero attached hydrogens (tertiary/aromatic N) is 3. The Kier molecular flexibility index (Phi) is 3.58. The van der Waals surface area contributed by atoms with Gasteiger partial charge in [0, 0.05) is 18.6 Å². The minimum atomic E-state index is 0.102. The standard InChI is InChI=1S/C13H16N4O/c1-8-9(2)16-17-13(12(8)6-14)15-11-4-3-10(5-11)7-18/h3-4,10-11,18H,5,7H2,1-2H3,(H,15,17)/t10-,11+/m0/s1. The number of aromatic nitrogens is 2. The lowest BCUT2D eigenvalue weighted by Gasteiger charge is -2.15. The van der Waals surface area contributed by atoms with Gasteiger partial charge in [0.2, 0.25) is 0 Å². The Morgan fingerprint density at radius 3 is 2.83 bits per heavy atom. The van der Waals surface area contributed by atoms with Crippen molar-refractivity contribution in [1.82, 2.24) is 10.2 Å². The monoisotopic (exact) mass is 244 g/mol. The molecule has 18 heavy (non-hydrogen) atoms. The molecule has 1 aliphatic rings. The highest BCUT2D eigenvalue weighted by Crippen LogP contribution is 2.23. The summed E-state index contributed by atoms with van der Waals surface area (Å²) in [5.41, 5.74) is 2.17. The van der Waals surface area contributed by atoms with Gasteiger partial charge in [0.05, 0.1) is 5.69 Å². The fourth-order valence-electron chi connectivity index (χ4n) is 2.04. The lowest BCUT2D eigenvalue weighted by atomic mass is 10.1. The summed E-state index contributed by atoms with van der Waals surface area (Å²) < 4.78 is 0. The van der Waals surface area contributed by atoms with E-state index in [9.17, 15) is 5.26 Å². The average molecular weight is 244 g/mol. The van der Waals surface area contributed by atoms with Crippen molar-refractivity contribution >= 4 is 5.82 Å².